The van der Waals surface area contributed by atoms with Crippen molar-refractivity contribution >= 4 is 5.97 Å². The molecule has 0 fully saturated rings. The minimum absolute atomic E-state index is 0.346. The van der Waals surface area contributed by atoms with Crippen LogP contribution in [0.2, 0.25) is 0 Å². The van der Waals surface area contributed by atoms with E-state index in [1.54, 1.807) is 22.9 Å². The molecule has 5 heteroatoms. The van der Waals surface area contributed by atoms with Crippen LogP contribution in [0.3, 0.4) is 0 Å². The summed E-state index contributed by atoms with van der Waals surface area (Å²) in [6.45, 7) is 1.17. The third kappa shape index (κ3) is 2.57. The first-order chi connectivity index (χ1) is 8.74. The van der Waals surface area contributed by atoms with Crippen molar-refractivity contribution in [1.29, 1.82) is 0 Å². The van der Waals surface area contributed by atoms with Crippen molar-refractivity contribution in [2.75, 3.05) is 13.7 Å². The number of esters is 1. The minimum atomic E-state index is -0.346. The van der Waals surface area contributed by atoms with E-state index in [0.717, 1.165) is 11.3 Å². The van der Waals surface area contributed by atoms with E-state index in [0.29, 0.717) is 18.7 Å². The van der Waals surface area contributed by atoms with E-state index < -0.39 is 0 Å². The van der Waals surface area contributed by atoms with Gasteiger partial charge in [-0.3, -0.25) is 4.68 Å². The van der Waals surface area contributed by atoms with E-state index in [-0.39, 0.29) is 5.97 Å². The van der Waals surface area contributed by atoms with Gasteiger partial charge in [0.05, 0.1) is 31.1 Å². The maximum atomic E-state index is 11.3. The quantitative estimate of drug-likeness (QED) is 0.817. The summed E-state index contributed by atoms with van der Waals surface area (Å²) < 4.78 is 6.31. The van der Waals surface area contributed by atoms with Gasteiger partial charge in [0.2, 0.25) is 0 Å². The number of nitrogens with zero attached hydrogens (tertiary/aromatic N) is 2. The molecule has 1 radical (unpaired) electrons. The van der Waals surface area contributed by atoms with Crippen molar-refractivity contribution in [3.8, 4) is 11.3 Å². The molecule has 0 unspecified atom stereocenters. The molecule has 0 atom stereocenters. The lowest BCUT2D eigenvalue weighted by atomic mass is 10.1. The summed E-state index contributed by atoms with van der Waals surface area (Å²) in [6.07, 6.45) is 2.99. The fourth-order valence-electron chi connectivity index (χ4n) is 1.60. The summed E-state index contributed by atoms with van der Waals surface area (Å²) >= 11 is 0. The maximum absolute atomic E-state index is 11.3. The molecule has 0 saturated heterocycles. The van der Waals surface area contributed by atoms with Crippen LogP contribution in [0.5, 0.6) is 0 Å². The highest BCUT2D eigenvalue weighted by molar-refractivity contribution is 5.89. The summed E-state index contributed by atoms with van der Waals surface area (Å²) in [5.41, 5.74) is 7.70. The maximum Gasteiger partial charge on any atom is 0.337 e. The summed E-state index contributed by atoms with van der Waals surface area (Å²) in [6, 6.07) is 8.87. The van der Waals surface area contributed by atoms with Gasteiger partial charge in [0.15, 0.2) is 0 Å². The molecule has 1 heterocycles. The number of carbonyl (C=O) groups excluding carboxylic acids is 1. The first-order valence-corrected chi connectivity index (χ1v) is 5.59. The Morgan fingerprint density at radius 1 is 1.44 bits per heavy atom. The van der Waals surface area contributed by atoms with E-state index in [2.05, 4.69) is 16.0 Å². The zero-order chi connectivity index (χ0) is 13.0. The van der Waals surface area contributed by atoms with Crippen molar-refractivity contribution in [2.45, 2.75) is 6.54 Å². The Bertz CT molecular complexity index is 531. The lowest BCUT2D eigenvalue weighted by Crippen LogP contribution is -2.10. The van der Waals surface area contributed by atoms with Crippen LogP contribution in [0.25, 0.3) is 11.3 Å². The fraction of sp³-hybridized carbons (Fsp3) is 0.231. The first-order valence-electron chi connectivity index (χ1n) is 5.59. The lowest BCUT2D eigenvalue weighted by Gasteiger charge is -2.01. The van der Waals surface area contributed by atoms with Gasteiger partial charge in [-0.25, -0.2) is 4.79 Å². The molecule has 0 saturated carbocycles. The van der Waals surface area contributed by atoms with E-state index >= 15 is 0 Å². The highest BCUT2D eigenvalue weighted by atomic mass is 16.5. The third-order valence-corrected chi connectivity index (χ3v) is 2.52. The highest BCUT2D eigenvalue weighted by Crippen LogP contribution is 2.17. The van der Waals surface area contributed by atoms with Gasteiger partial charge in [-0.2, -0.15) is 5.10 Å². The SMILES string of the molecule is COC(=O)c1ccc(-c2c[c]n(CCN)n2)cc1. The Morgan fingerprint density at radius 3 is 2.78 bits per heavy atom. The van der Waals surface area contributed by atoms with Crippen LogP contribution in [0.1, 0.15) is 10.4 Å². The third-order valence-electron chi connectivity index (χ3n) is 2.52. The molecule has 18 heavy (non-hydrogen) atoms. The molecule has 2 rings (SSSR count). The Morgan fingerprint density at radius 2 is 2.17 bits per heavy atom. The topological polar surface area (TPSA) is 70.1 Å². The van der Waals surface area contributed by atoms with Crippen LogP contribution >= 0.6 is 0 Å². The van der Waals surface area contributed by atoms with Crippen LogP contribution in [0.4, 0.5) is 0 Å². The summed E-state index contributed by atoms with van der Waals surface area (Å²) in [7, 11) is 1.36. The molecule has 5 nitrogen and oxygen atoms in total. The van der Waals surface area contributed by atoms with E-state index in [1.807, 2.05) is 12.1 Å². The molecule has 0 aliphatic carbocycles. The number of hydrogen-bond acceptors (Lipinski definition) is 4. The zero-order valence-corrected chi connectivity index (χ0v) is 10.1. The van der Waals surface area contributed by atoms with Crippen LogP contribution in [-0.2, 0) is 11.3 Å². The second-order valence-corrected chi connectivity index (χ2v) is 3.74. The van der Waals surface area contributed by atoms with Crippen molar-refractivity contribution in [1.82, 2.24) is 9.78 Å². The monoisotopic (exact) mass is 244 g/mol. The molecule has 93 valence electrons. The molecule has 0 aliphatic heterocycles. The Labute approximate surface area is 105 Å². The molecule has 0 amide bonds. The molecule has 0 spiro atoms. The molecule has 1 aromatic carbocycles. The highest BCUT2D eigenvalue weighted by Gasteiger charge is 2.06. The normalized spacial score (nSPS) is 10.3. The average Bonchev–Trinajstić information content (AvgIpc) is 2.87. The number of methoxy groups -OCH3 is 1. The van der Waals surface area contributed by atoms with Gasteiger partial charge in [-0.1, -0.05) is 12.1 Å². The van der Waals surface area contributed by atoms with Crippen molar-refractivity contribution in [2.24, 2.45) is 5.73 Å². The van der Waals surface area contributed by atoms with Gasteiger partial charge >= 0.3 is 5.97 Å². The van der Waals surface area contributed by atoms with Gasteiger partial charge in [-0.15, -0.1) is 0 Å². The molecule has 1 aromatic heterocycles. The number of nitrogens with two attached hydrogens (primary N) is 1. The summed E-state index contributed by atoms with van der Waals surface area (Å²) in [5.74, 6) is -0.346. The van der Waals surface area contributed by atoms with Gasteiger partial charge in [0.1, 0.15) is 0 Å². The first kappa shape index (κ1) is 12.3. The number of rotatable bonds is 4. The van der Waals surface area contributed by atoms with E-state index in [1.165, 1.54) is 7.11 Å². The van der Waals surface area contributed by atoms with Crippen LogP contribution in [-0.4, -0.2) is 29.4 Å². The number of hydrogen-bond donors (Lipinski definition) is 1. The summed E-state index contributed by atoms with van der Waals surface area (Å²) in [5, 5.41) is 4.33. The second kappa shape index (κ2) is 5.46. The number of aromatic nitrogens is 2. The van der Waals surface area contributed by atoms with Gasteiger partial charge < -0.3 is 10.5 Å². The van der Waals surface area contributed by atoms with Gasteiger partial charge in [0.25, 0.3) is 0 Å². The van der Waals surface area contributed by atoms with E-state index in [9.17, 15) is 4.79 Å². The van der Waals surface area contributed by atoms with Crippen LogP contribution < -0.4 is 5.73 Å². The molecule has 2 aromatic rings. The molecule has 2 N–H and O–H groups in total. The van der Waals surface area contributed by atoms with Crippen molar-refractivity contribution < 1.29 is 9.53 Å². The number of carbonyl (C=O) groups is 1. The zero-order valence-electron chi connectivity index (χ0n) is 10.1. The standard InChI is InChI=1S/C13H14N3O2/c1-18-13(17)11-4-2-10(3-5-11)12-6-8-16(15-12)9-7-14/h2-6H,7,9,14H2,1H3. The smallest absolute Gasteiger partial charge is 0.337 e. The number of benzene rings is 1. The van der Waals surface area contributed by atoms with Gasteiger partial charge in [0, 0.05) is 12.1 Å². The lowest BCUT2D eigenvalue weighted by molar-refractivity contribution is 0.0601. The Balaban J connectivity index is 2.20. The largest absolute Gasteiger partial charge is 0.465 e. The van der Waals surface area contributed by atoms with Crippen molar-refractivity contribution in [3.05, 3.63) is 42.1 Å². The fourth-order valence-corrected chi connectivity index (χ4v) is 1.60. The Kier molecular flexibility index (Phi) is 3.74. The second-order valence-electron chi connectivity index (χ2n) is 3.74. The minimum Gasteiger partial charge on any atom is -0.465 e. The van der Waals surface area contributed by atoms with Crippen molar-refractivity contribution in [3.63, 3.8) is 0 Å². The molecule has 0 aliphatic rings. The molecular formula is C13H14N3O2. The number of ether oxygens (including phenoxy) is 1. The van der Waals surface area contributed by atoms with E-state index in [4.69, 9.17) is 5.73 Å². The molecular weight excluding hydrogens is 230 g/mol. The van der Waals surface area contributed by atoms with Gasteiger partial charge in [-0.05, 0) is 18.2 Å². The van der Waals surface area contributed by atoms with Crippen LogP contribution in [0, 0.1) is 6.20 Å². The average molecular weight is 244 g/mol. The Hall–Kier alpha value is -2.14. The predicted octanol–water partition coefficient (Wildman–Crippen LogP) is 1.10. The molecule has 0 bridgehead atoms. The predicted molar refractivity (Wildman–Crippen MR) is 66.9 cm³/mol. The summed E-state index contributed by atoms with van der Waals surface area (Å²) in [4.78, 5) is 11.3. The van der Waals surface area contributed by atoms with Crippen LogP contribution in [0.15, 0.2) is 30.3 Å².